The van der Waals surface area contributed by atoms with Gasteiger partial charge < -0.3 is 30.5 Å². The van der Waals surface area contributed by atoms with E-state index >= 15 is 0 Å². The molecule has 2 aromatic rings. The van der Waals surface area contributed by atoms with E-state index in [1.807, 2.05) is 31.2 Å². The van der Waals surface area contributed by atoms with Gasteiger partial charge in [-0.05, 0) is 67.5 Å². The van der Waals surface area contributed by atoms with Crippen LogP contribution in [0.15, 0.2) is 36.4 Å². The number of nitrogens with zero attached hydrogens (tertiary/aromatic N) is 2. The largest absolute Gasteiger partial charge is 0.493 e. The van der Waals surface area contributed by atoms with Gasteiger partial charge in [0.25, 0.3) is 0 Å². The monoisotopic (exact) mass is 496 g/mol. The van der Waals surface area contributed by atoms with Crippen molar-refractivity contribution in [2.45, 2.75) is 45.3 Å². The van der Waals surface area contributed by atoms with E-state index in [9.17, 15) is 15.0 Å². The van der Waals surface area contributed by atoms with Gasteiger partial charge in [-0.1, -0.05) is 24.3 Å². The van der Waals surface area contributed by atoms with Crippen molar-refractivity contribution in [2.24, 2.45) is 0 Å². The molecule has 2 aliphatic rings. The quantitative estimate of drug-likeness (QED) is 0.378. The molecule has 2 saturated heterocycles. The number of benzene rings is 2. The van der Waals surface area contributed by atoms with Gasteiger partial charge in [-0.15, -0.1) is 0 Å². The lowest BCUT2D eigenvalue weighted by Gasteiger charge is -2.18. The van der Waals surface area contributed by atoms with Gasteiger partial charge >= 0.3 is 6.03 Å². The Morgan fingerprint density at radius 2 is 1.58 bits per heavy atom. The summed E-state index contributed by atoms with van der Waals surface area (Å²) in [5.41, 5.74) is 5.01. The van der Waals surface area contributed by atoms with E-state index in [0.29, 0.717) is 19.7 Å². The van der Waals surface area contributed by atoms with Crippen molar-refractivity contribution < 1.29 is 19.7 Å². The van der Waals surface area contributed by atoms with Crippen LogP contribution in [0, 0.1) is 13.8 Å². The third-order valence-corrected chi connectivity index (χ3v) is 7.24. The Bertz CT molecular complexity index is 1030. The number of carbonyl (C=O) groups is 1. The zero-order valence-corrected chi connectivity index (χ0v) is 21.5. The summed E-state index contributed by atoms with van der Waals surface area (Å²) in [5.74, 6) is 0.872. The normalized spacial score (nSPS) is 20.6. The minimum absolute atomic E-state index is 0.186. The molecule has 8 heteroatoms. The lowest BCUT2D eigenvalue weighted by molar-refractivity contribution is 0.173. The molecular weight excluding hydrogens is 456 g/mol. The highest BCUT2D eigenvalue weighted by atomic mass is 16.5. The molecule has 2 unspecified atom stereocenters. The summed E-state index contributed by atoms with van der Waals surface area (Å²) in [6.07, 6.45) is 2.15. The van der Waals surface area contributed by atoms with Crippen LogP contribution in [-0.2, 0) is 0 Å². The van der Waals surface area contributed by atoms with E-state index in [2.05, 4.69) is 39.5 Å². The van der Waals surface area contributed by atoms with Gasteiger partial charge in [0.2, 0.25) is 0 Å². The Morgan fingerprint density at radius 1 is 0.944 bits per heavy atom. The van der Waals surface area contributed by atoms with Gasteiger partial charge in [0, 0.05) is 51.5 Å². The topological polar surface area (TPSA) is 97.3 Å². The molecule has 0 bridgehead atoms. The number of β-amino-alcohol motifs (C(OH)–C–C–N with tert-alkyl or cyclic N) is 2. The minimum Gasteiger partial charge on any atom is -0.493 e. The predicted molar refractivity (Wildman–Crippen MR) is 143 cm³/mol. The molecule has 4 N–H and O–H groups in total. The minimum atomic E-state index is -0.249. The first-order chi connectivity index (χ1) is 17.4. The molecule has 0 radical (unpaired) electrons. The highest BCUT2D eigenvalue weighted by Crippen LogP contribution is 2.34. The molecule has 2 amide bonds. The molecule has 8 nitrogen and oxygen atoms in total. The van der Waals surface area contributed by atoms with E-state index in [0.717, 1.165) is 85.7 Å². The van der Waals surface area contributed by atoms with Crippen LogP contribution in [0.4, 0.5) is 10.5 Å². The molecule has 4 rings (SSSR count). The van der Waals surface area contributed by atoms with E-state index in [-0.39, 0.29) is 18.2 Å². The van der Waals surface area contributed by atoms with Gasteiger partial charge in [-0.3, -0.25) is 4.90 Å². The number of amides is 2. The molecular formula is C28H40N4O4. The first-order valence-electron chi connectivity index (χ1n) is 13.1. The molecule has 36 heavy (non-hydrogen) atoms. The third-order valence-electron chi connectivity index (χ3n) is 7.24. The first-order valence-corrected chi connectivity index (χ1v) is 13.1. The number of carbonyl (C=O) groups excluding carboxylic acids is 1. The highest BCUT2D eigenvalue weighted by Gasteiger charge is 2.20. The average molecular weight is 497 g/mol. The summed E-state index contributed by atoms with van der Waals surface area (Å²) in [5, 5.41) is 25.2. The van der Waals surface area contributed by atoms with Gasteiger partial charge in [-0.2, -0.15) is 0 Å². The van der Waals surface area contributed by atoms with Crippen LogP contribution < -0.4 is 15.4 Å². The van der Waals surface area contributed by atoms with Crippen molar-refractivity contribution in [1.29, 1.82) is 0 Å². The van der Waals surface area contributed by atoms with Crippen LogP contribution >= 0.6 is 0 Å². The lowest BCUT2D eigenvalue weighted by Crippen LogP contribution is -2.36. The fraction of sp³-hybridized carbons (Fsp3) is 0.536. The van der Waals surface area contributed by atoms with Crippen LogP contribution in [0.2, 0.25) is 0 Å². The summed E-state index contributed by atoms with van der Waals surface area (Å²) in [6.45, 7) is 10.2. The average Bonchev–Trinajstić information content (AvgIpc) is 3.46. The maximum absolute atomic E-state index is 12.5. The van der Waals surface area contributed by atoms with Crippen molar-refractivity contribution in [3.8, 4) is 16.9 Å². The Kier molecular flexibility index (Phi) is 9.20. The van der Waals surface area contributed by atoms with Crippen LogP contribution in [0.5, 0.6) is 5.75 Å². The summed E-state index contributed by atoms with van der Waals surface area (Å²) in [7, 11) is 0. The standard InChI is InChI=1S/C28H40N4O4/c1-20-24(6-3-8-26(20)30-28(35)29-12-16-32-15-11-23(34)19-32)25-7-4-9-27(21(25)2)36-17-5-13-31-14-10-22(33)18-31/h3-4,6-9,22-23,33-34H,5,10-19H2,1-2H3,(H2,29,30,35). The second kappa shape index (κ2) is 12.5. The number of rotatable bonds is 10. The maximum Gasteiger partial charge on any atom is 0.319 e. The van der Waals surface area contributed by atoms with Crippen LogP contribution in [0.1, 0.15) is 30.4 Å². The zero-order chi connectivity index (χ0) is 25.5. The molecule has 2 atom stereocenters. The third kappa shape index (κ3) is 6.97. The maximum atomic E-state index is 12.5. The number of nitrogens with one attached hydrogen (secondary N) is 2. The van der Waals surface area contributed by atoms with Gasteiger partial charge in [0.05, 0.1) is 18.8 Å². The SMILES string of the molecule is Cc1c(NC(=O)NCCN2CCC(O)C2)cccc1-c1cccc(OCCCN2CCC(O)C2)c1C. The summed E-state index contributed by atoms with van der Waals surface area (Å²) in [4.78, 5) is 16.9. The zero-order valence-electron chi connectivity index (χ0n) is 21.5. The highest BCUT2D eigenvalue weighted by molar-refractivity contribution is 5.92. The van der Waals surface area contributed by atoms with Gasteiger partial charge in [0.1, 0.15) is 5.75 Å². The summed E-state index contributed by atoms with van der Waals surface area (Å²) < 4.78 is 6.12. The van der Waals surface area contributed by atoms with Gasteiger partial charge in [0.15, 0.2) is 0 Å². The number of aliphatic hydroxyl groups excluding tert-OH is 2. The number of urea groups is 1. The Labute approximate surface area is 214 Å². The van der Waals surface area contributed by atoms with Crippen molar-refractivity contribution >= 4 is 11.7 Å². The van der Waals surface area contributed by atoms with Gasteiger partial charge in [-0.25, -0.2) is 4.79 Å². The number of hydrogen-bond donors (Lipinski definition) is 4. The number of hydrogen-bond acceptors (Lipinski definition) is 6. The second-order valence-electron chi connectivity index (χ2n) is 9.98. The Morgan fingerprint density at radius 3 is 2.25 bits per heavy atom. The fourth-order valence-electron chi connectivity index (χ4n) is 5.12. The van der Waals surface area contributed by atoms with Crippen molar-refractivity contribution in [1.82, 2.24) is 15.1 Å². The molecule has 2 fully saturated rings. The smallest absolute Gasteiger partial charge is 0.319 e. The molecule has 196 valence electrons. The van der Waals surface area contributed by atoms with Crippen LogP contribution in [0.25, 0.3) is 11.1 Å². The van der Waals surface area contributed by atoms with Crippen LogP contribution in [0.3, 0.4) is 0 Å². The van der Waals surface area contributed by atoms with Crippen molar-refractivity contribution in [3.63, 3.8) is 0 Å². The summed E-state index contributed by atoms with van der Waals surface area (Å²) in [6, 6.07) is 11.8. The number of aliphatic hydroxyl groups is 2. The molecule has 2 aromatic carbocycles. The van der Waals surface area contributed by atoms with E-state index in [1.165, 1.54) is 0 Å². The molecule has 2 heterocycles. The number of ether oxygens (including phenoxy) is 1. The molecule has 0 saturated carbocycles. The van der Waals surface area contributed by atoms with Crippen molar-refractivity contribution in [2.75, 3.05) is 57.7 Å². The van der Waals surface area contributed by atoms with Crippen LogP contribution in [-0.4, -0.2) is 90.7 Å². The van der Waals surface area contributed by atoms with E-state index in [1.54, 1.807) is 0 Å². The van der Waals surface area contributed by atoms with E-state index < -0.39 is 0 Å². The molecule has 0 aliphatic carbocycles. The molecule has 0 aromatic heterocycles. The number of anilines is 1. The first kappa shape index (κ1) is 26.4. The van der Waals surface area contributed by atoms with E-state index in [4.69, 9.17) is 4.74 Å². The van der Waals surface area contributed by atoms with Crippen molar-refractivity contribution in [3.05, 3.63) is 47.5 Å². The second-order valence-corrected chi connectivity index (χ2v) is 9.98. The molecule has 0 spiro atoms. The molecule has 2 aliphatic heterocycles. The lowest BCUT2D eigenvalue weighted by atomic mass is 9.95. The number of likely N-dealkylation sites (tertiary alicyclic amines) is 2. The summed E-state index contributed by atoms with van der Waals surface area (Å²) >= 11 is 0. The fourth-order valence-corrected chi connectivity index (χ4v) is 5.12. The Hall–Kier alpha value is -2.65. The predicted octanol–water partition coefficient (Wildman–Crippen LogP) is 2.99. The Balaban J connectivity index is 1.32.